The third-order valence-electron chi connectivity index (χ3n) is 2.77. The molecule has 0 saturated carbocycles. The Labute approximate surface area is 103 Å². The Morgan fingerprint density at radius 2 is 1.53 bits per heavy atom. The molecule has 1 nitrogen and oxygen atoms in total. The Morgan fingerprint density at radius 3 is 2.24 bits per heavy atom. The predicted molar refractivity (Wildman–Crippen MR) is 71.0 cm³/mol. The van der Waals surface area contributed by atoms with Crippen LogP contribution in [-0.4, -0.2) is 6.61 Å². The maximum absolute atomic E-state index is 5.66. The second-order valence-electron chi connectivity index (χ2n) is 4.27. The molecule has 0 bridgehead atoms. The fourth-order valence-corrected chi connectivity index (χ4v) is 1.71. The van der Waals surface area contributed by atoms with Crippen LogP contribution in [0.15, 0.2) is 54.6 Å². The normalized spacial score (nSPS) is 10.4. The zero-order chi connectivity index (χ0) is 11.9. The summed E-state index contributed by atoms with van der Waals surface area (Å²) in [5.74, 6) is 0. The lowest BCUT2D eigenvalue weighted by Crippen LogP contribution is -1.98. The first-order chi connectivity index (χ1) is 8.34. The molecule has 2 aromatic rings. The predicted octanol–water partition coefficient (Wildman–Crippen LogP) is 3.75. The van der Waals surface area contributed by atoms with Gasteiger partial charge in [0.1, 0.15) is 0 Å². The second-order valence-corrected chi connectivity index (χ2v) is 4.27. The van der Waals surface area contributed by atoms with Crippen LogP contribution in [0.25, 0.3) is 0 Å². The first-order valence-electron chi connectivity index (χ1n) is 6.02. The van der Waals surface area contributed by atoms with Gasteiger partial charge in [0.2, 0.25) is 0 Å². The van der Waals surface area contributed by atoms with Crippen molar-refractivity contribution in [2.75, 3.05) is 6.61 Å². The fourth-order valence-electron chi connectivity index (χ4n) is 1.71. The molecule has 0 aliphatic heterocycles. The van der Waals surface area contributed by atoms with Crippen LogP contribution in [0.1, 0.15) is 16.7 Å². The lowest BCUT2D eigenvalue weighted by molar-refractivity contribution is 0.124. The molecule has 88 valence electrons. The lowest BCUT2D eigenvalue weighted by Gasteiger charge is -2.05. The van der Waals surface area contributed by atoms with E-state index < -0.39 is 0 Å². The van der Waals surface area contributed by atoms with Gasteiger partial charge in [0, 0.05) is 0 Å². The maximum atomic E-state index is 5.66. The molecule has 0 spiro atoms. The largest absolute Gasteiger partial charge is 0.376 e. The molecule has 17 heavy (non-hydrogen) atoms. The molecule has 0 atom stereocenters. The first-order valence-corrected chi connectivity index (χ1v) is 6.02. The minimum Gasteiger partial charge on any atom is -0.376 e. The quantitative estimate of drug-likeness (QED) is 0.705. The van der Waals surface area contributed by atoms with Crippen molar-refractivity contribution in [2.24, 2.45) is 0 Å². The summed E-state index contributed by atoms with van der Waals surface area (Å²) in [4.78, 5) is 0. The molecule has 0 aliphatic carbocycles. The molecule has 1 heteroatoms. The maximum Gasteiger partial charge on any atom is 0.0717 e. The van der Waals surface area contributed by atoms with E-state index >= 15 is 0 Å². The van der Waals surface area contributed by atoms with Crippen LogP contribution < -0.4 is 0 Å². The van der Waals surface area contributed by atoms with E-state index in [1.807, 2.05) is 6.07 Å². The van der Waals surface area contributed by atoms with Gasteiger partial charge >= 0.3 is 0 Å². The first kappa shape index (κ1) is 11.9. The highest BCUT2D eigenvalue weighted by atomic mass is 16.5. The Morgan fingerprint density at radius 1 is 0.824 bits per heavy atom. The summed E-state index contributed by atoms with van der Waals surface area (Å²) in [6, 6.07) is 18.9. The molecule has 0 fully saturated rings. The van der Waals surface area contributed by atoms with E-state index in [0.717, 1.165) is 13.0 Å². The van der Waals surface area contributed by atoms with E-state index in [9.17, 15) is 0 Å². The Balaban J connectivity index is 1.71. The summed E-state index contributed by atoms with van der Waals surface area (Å²) >= 11 is 0. The van der Waals surface area contributed by atoms with Gasteiger partial charge in [0.05, 0.1) is 13.2 Å². The van der Waals surface area contributed by atoms with Crippen LogP contribution in [0.5, 0.6) is 0 Å². The topological polar surface area (TPSA) is 9.23 Å². The summed E-state index contributed by atoms with van der Waals surface area (Å²) in [6.07, 6.45) is 0.979. The summed E-state index contributed by atoms with van der Waals surface area (Å²) < 4.78 is 5.66. The number of aryl methyl sites for hydroxylation is 1. The molecule has 2 aromatic carbocycles. The molecule has 0 heterocycles. The number of hydrogen-bond acceptors (Lipinski definition) is 1. The Bertz CT molecular complexity index is 431. The van der Waals surface area contributed by atoms with Crippen molar-refractivity contribution in [2.45, 2.75) is 20.0 Å². The molecule has 0 unspecified atom stereocenters. The zero-order valence-electron chi connectivity index (χ0n) is 10.2. The number of hydrogen-bond donors (Lipinski definition) is 0. The molecule has 2 rings (SSSR count). The molecule has 0 aliphatic rings. The minimum absolute atomic E-state index is 0.702. The molecule has 0 radical (unpaired) electrons. The van der Waals surface area contributed by atoms with Gasteiger partial charge in [-0.3, -0.25) is 0 Å². The van der Waals surface area contributed by atoms with Gasteiger partial charge < -0.3 is 4.74 Å². The summed E-state index contributed by atoms with van der Waals surface area (Å²) in [7, 11) is 0. The average molecular weight is 226 g/mol. The summed E-state index contributed by atoms with van der Waals surface area (Å²) in [6.45, 7) is 3.57. The van der Waals surface area contributed by atoms with Crippen molar-refractivity contribution in [1.29, 1.82) is 0 Å². The molecular formula is C16H18O. The van der Waals surface area contributed by atoms with Crippen LogP contribution in [-0.2, 0) is 17.8 Å². The highest BCUT2D eigenvalue weighted by molar-refractivity contribution is 5.20. The number of benzene rings is 2. The second kappa shape index (κ2) is 6.21. The van der Waals surface area contributed by atoms with Crippen LogP contribution in [0.4, 0.5) is 0 Å². The average Bonchev–Trinajstić information content (AvgIpc) is 2.38. The van der Waals surface area contributed by atoms with E-state index in [-0.39, 0.29) is 0 Å². The van der Waals surface area contributed by atoms with Crippen molar-refractivity contribution >= 4 is 0 Å². The van der Waals surface area contributed by atoms with Crippen molar-refractivity contribution in [1.82, 2.24) is 0 Å². The van der Waals surface area contributed by atoms with Crippen LogP contribution in [0, 0.1) is 6.92 Å². The molecule has 0 aromatic heterocycles. The lowest BCUT2D eigenvalue weighted by atomic mass is 10.1. The van der Waals surface area contributed by atoms with Crippen molar-refractivity contribution < 1.29 is 4.74 Å². The molecule has 0 N–H and O–H groups in total. The van der Waals surface area contributed by atoms with Gasteiger partial charge in [-0.2, -0.15) is 0 Å². The molecule has 0 saturated heterocycles. The SMILES string of the molecule is Cc1ccc(COCCc2ccccc2)cc1. The van der Waals surface area contributed by atoms with Crippen molar-refractivity contribution in [3.8, 4) is 0 Å². The Hall–Kier alpha value is -1.60. The molecule has 0 amide bonds. The number of rotatable bonds is 5. The van der Waals surface area contributed by atoms with E-state index in [4.69, 9.17) is 4.74 Å². The van der Waals surface area contributed by atoms with E-state index in [0.29, 0.717) is 6.61 Å². The van der Waals surface area contributed by atoms with Gasteiger partial charge in [-0.15, -0.1) is 0 Å². The van der Waals surface area contributed by atoms with Gasteiger partial charge in [0.15, 0.2) is 0 Å². The Kier molecular flexibility index (Phi) is 4.34. The summed E-state index contributed by atoms with van der Waals surface area (Å²) in [5.41, 5.74) is 3.86. The fraction of sp³-hybridized carbons (Fsp3) is 0.250. The molecular weight excluding hydrogens is 208 g/mol. The smallest absolute Gasteiger partial charge is 0.0717 e. The van der Waals surface area contributed by atoms with E-state index in [1.165, 1.54) is 16.7 Å². The highest BCUT2D eigenvalue weighted by Crippen LogP contribution is 2.05. The summed E-state index contributed by atoms with van der Waals surface area (Å²) in [5, 5.41) is 0. The standard InChI is InChI=1S/C16H18O/c1-14-7-9-16(10-8-14)13-17-12-11-15-5-3-2-4-6-15/h2-10H,11-13H2,1H3. The van der Waals surface area contributed by atoms with Crippen LogP contribution >= 0.6 is 0 Å². The zero-order valence-corrected chi connectivity index (χ0v) is 10.2. The van der Waals surface area contributed by atoms with Crippen molar-refractivity contribution in [3.05, 3.63) is 71.3 Å². The van der Waals surface area contributed by atoms with E-state index in [2.05, 4.69) is 55.5 Å². The van der Waals surface area contributed by atoms with Gasteiger partial charge in [-0.05, 0) is 24.5 Å². The van der Waals surface area contributed by atoms with E-state index in [1.54, 1.807) is 0 Å². The van der Waals surface area contributed by atoms with Gasteiger partial charge in [-0.1, -0.05) is 60.2 Å². The minimum atomic E-state index is 0.702. The highest BCUT2D eigenvalue weighted by Gasteiger charge is 1.94. The van der Waals surface area contributed by atoms with Crippen LogP contribution in [0.2, 0.25) is 0 Å². The van der Waals surface area contributed by atoms with Crippen molar-refractivity contribution in [3.63, 3.8) is 0 Å². The monoisotopic (exact) mass is 226 g/mol. The third kappa shape index (κ3) is 4.04. The van der Waals surface area contributed by atoms with Crippen LogP contribution in [0.3, 0.4) is 0 Å². The number of ether oxygens (including phenoxy) is 1. The third-order valence-corrected chi connectivity index (χ3v) is 2.77. The van der Waals surface area contributed by atoms with Gasteiger partial charge in [-0.25, -0.2) is 0 Å². The van der Waals surface area contributed by atoms with Gasteiger partial charge in [0.25, 0.3) is 0 Å².